The van der Waals surface area contributed by atoms with Gasteiger partial charge in [-0.25, -0.2) is 15.3 Å². The molecular formula is C27H24BN9-. The number of aryl methyl sites for hydroxylation is 3. The molecule has 0 aliphatic rings. The first kappa shape index (κ1) is 22.6. The number of hydrogen-bond acceptors (Lipinski definition) is 6. The minimum Gasteiger partial charge on any atom is -0.424 e. The maximum absolute atomic E-state index is 4.87. The van der Waals surface area contributed by atoms with Crippen LogP contribution in [0.25, 0.3) is 34.2 Å². The van der Waals surface area contributed by atoms with Gasteiger partial charge in [-0.05, 0) is 94.0 Å². The molecule has 0 N–H and O–H groups in total. The fraction of sp³-hybridized carbons (Fsp3) is 0.111. The van der Waals surface area contributed by atoms with Crippen molar-refractivity contribution in [1.82, 2.24) is 44.0 Å². The predicted molar refractivity (Wildman–Crippen MR) is 143 cm³/mol. The van der Waals surface area contributed by atoms with E-state index in [-0.39, 0.29) is 0 Å². The highest BCUT2D eigenvalue weighted by Crippen LogP contribution is 2.19. The lowest BCUT2D eigenvalue weighted by atomic mass is 9.96. The maximum atomic E-state index is 4.87. The molecule has 6 rings (SSSR count). The van der Waals surface area contributed by atoms with Gasteiger partial charge in [0.2, 0.25) is 0 Å². The summed E-state index contributed by atoms with van der Waals surface area (Å²) < 4.78 is 5.50. The van der Waals surface area contributed by atoms with E-state index in [4.69, 9.17) is 15.3 Å². The van der Waals surface area contributed by atoms with E-state index < -0.39 is 7.12 Å². The lowest BCUT2D eigenvalue weighted by Gasteiger charge is -2.29. The molecule has 10 heteroatoms. The largest absolute Gasteiger partial charge is 0.424 e. The van der Waals surface area contributed by atoms with E-state index in [1.165, 1.54) is 0 Å². The summed E-state index contributed by atoms with van der Waals surface area (Å²) in [5.74, 6) is 0. The van der Waals surface area contributed by atoms with Crippen LogP contribution in [0.3, 0.4) is 0 Å². The smallest absolute Gasteiger partial charge is 0.260 e. The topological polar surface area (TPSA) is 92.1 Å². The van der Waals surface area contributed by atoms with Crippen molar-refractivity contribution in [3.63, 3.8) is 0 Å². The standard InChI is InChI=1S/C27H24BN9/c1-19-7-4-10-22(29-19)25-13-16-35(32-25)28(36-17-14-26(33-36)23-11-5-8-20(2)30-23)37-18-15-27(34-37)24-12-6-9-21(3)31-24/h4-18H,1-3H3/q-1. The molecule has 0 fully saturated rings. The van der Waals surface area contributed by atoms with Crippen molar-refractivity contribution >= 4 is 7.12 Å². The van der Waals surface area contributed by atoms with Crippen molar-refractivity contribution in [2.24, 2.45) is 0 Å². The third kappa shape index (κ3) is 4.56. The first-order chi connectivity index (χ1) is 18.0. The van der Waals surface area contributed by atoms with Crippen LogP contribution in [0, 0.1) is 20.8 Å². The molecule has 0 saturated heterocycles. The molecule has 0 saturated carbocycles. The van der Waals surface area contributed by atoms with Crippen molar-refractivity contribution in [2.45, 2.75) is 20.8 Å². The zero-order valence-electron chi connectivity index (χ0n) is 20.8. The molecule has 0 atom stereocenters. The van der Waals surface area contributed by atoms with Crippen LogP contribution in [0.15, 0.2) is 91.4 Å². The average molecular weight is 485 g/mol. The van der Waals surface area contributed by atoms with Gasteiger partial charge in [0.05, 0.1) is 17.1 Å². The Morgan fingerprint density at radius 3 is 1.05 bits per heavy atom. The lowest BCUT2D eigenvalue weighted by molar-refractivity contribution is 0.774. The summed E-state index contributed by atoms with van der Waals surface area (Å²) in [4.78, 5) is 13.9. The monoisotopic (exact) mass is 485 g/mol. The van der Waals surface area contributed by atoms with Crippen molar-refractivity contribution in [3.05, 3.63) is 108 Å². The fourth-order valence-electron chi connectivity index (χ4n) is 4.23. The molecular weight excluding hydrogens is 461 g/mol. The van der Waals surface area contributed by atoms with Crippen molar-refractivity contribution in [3.8, 4) is 34.2 Å². The summed E-state index contributed by atoms with van der Waals surface area (Å²) in [6, 6.07) is 23.6. The Morgan fingerprint density at radius 1 is 0.432 bits per heavy atom. The number of rotatable bonds is 6. The van der Waals surface area contributed by atoms with Gasteiger partial charge in [0.15, 0.2) is 0 Å². The zero-order chi connectivity index (χ0) is 25.4. The highest BCUT2D eigenvalue weighted by atomic mass is 15.4. The second kappa shape index (κ2) is 9.31. The van der Waals surface area contributed by atoms with Crippen LogP contribution in [0.4, 0.5) is 0 Å². The summed E-state index contributed by atoms with van der Waals surface area (Å²) >= 11 is 0. The number of pyridine rings is 3. The van der Waals surface area contributed by atoms with Gasteiger partial charge in [-0.3, -0.25) is 15.0 Å². The second-order valence-electron chi connectivity index (χ2n) is 8.88. The molecule has 6 aromatic heterocycles. The van der Waals surface area contributed by atoms with Gasteiger partial charge in [0, 0.05) is 17.1 Å². The normalized spacial score (nSPS) is 11.4. The van der Waals surface area contributed by atoms with Gasteiger partial charge < -0.3 is 13.8 Å². The van der Waals surface area contributed by atoms with E-state index in [0.29, 0.717) is 0 Å². The van der Waals surface area contributed by atoms with Gasteiger partial charge in [0.25, 0.3) is 7.12 Å². The molecule has 0 spiro atoms. The minimum atomic E-state index is -0.490. The summed E-state index contributed by atoms with van der Waals surface area (Å²) in [6.07, 6.45) is 5.76. The first-order valence-electron chi connectivity index (χ1n) is 12.0. The molecule has 37 heavy (non-hydrogen) atoms. The molecule has 9 nitrogen and oxygen atoms in total. The van der Waals surface area contributed by atoms with Crippen LogP contribution in [0.2, 0.25) is 0 Å². The van der Waals surface area contributed by atoms with E-state index in [1.807, 2.05) is 126 Å². The van der Waals surface area contributed by atoms with E-state index >= 15 is 0 Å². The van der Waals surface area contributed by atoms with E-state index in [1.54, 1.807) is 0 Å². The second-order valence-corrected chi connectivity index (χ2v) is 8.88. The molecule has 0 amide bonds. The Hall–Kier alpha value is -4.86. The Labute approximate surface area is 214 Å². The third-order valence-corrected chi connectivity index (χ3v) is 5.99. The van der Waals surface area contributed by atoms with Crippen LogP contribution in [0.1, 0.15) is 17.1 Å². The molecule has 1 radical (unpaired) electrons. The Kier molecular flexibility index (Phi) is 5.68. The van der Waals surface area contributed by atoms with Crippen LogP contribution in [-0.4, -0.2) is 51.1 Å². The molecule has 6 heterocycles. The molecule has 6 aromatic rings. The maximum Gasteiger partial charge on any atom is 0.260 e. The predicted octanol–water partition coefficient (Wildman–Crippen LogP) is 4.32. The van der Waals surface area contributed by atoms with Gasteiger partial charge in [0.1, 0.15) is 17.1 Å². The number of hydrogen-bond donors (Lipinski definition) is 0. The molecule has 0 aliphatic carbocycles. The van der Waals surface area contributed by atoms with E-state index in [9.17, 15) is 0 Å². The van der Waals surface area contributed by atoms with Gasteiger partial charge in [-0.2, -0.15) is 0 Å². The third-order valence-electron chi connectivity index (χ3n) is 5.99. The highest BCUT2D eigenvalue weighted by molar-refractivity contribution is 6.52. The summed E-state index contributed by atoms with van der Waals surface area (Å²) in [7, 11) is -0.490. The lowest BCUT2D eigenvalue weighted by Crippen LogP contribution is -2.43. The van der Waals surface area contributed by atoms with Gasteiger partial charge >= 0.3 is 0 Å². The van der Waals surface area contributed by atoms with Crippen LogP contribution < -0.4 is 0 Å². The van der Waals surface area contributed by atoms with Crippen LogP contribution >= 0.6 is 0 Å². The van der Waals surface area contributed by atoms with Crippen molar-refractivity contribution < 1.29 is 0 Å². The van der Waals surface area contributed by atoms with E-state index in [2.05, 4.69) is 15.0 Å². The van der Waals surface area contributed by atoms with Crippen LogP contribution in [0.5, 0.6) is 0 Å². The summed E-state index contributed by atoms with van der Waals surface area (Å²) in [5.41, 5.74) is 7.57. The van der Waals surface area contributed by atoms with Crippen LogP contribution in [-0.2, 0) is 0 Å². The average Bonchev–Trinajstić information content (AvgIpc) is 3.67. The van der Waals surface area contributed by atoms with Gasteiger partial charge in [-0.1, -0.05) is 18.2 Å². The fourth-order valence-corrected chi connectivity index (χ4v) is 4.23. The molecule has 0 aromatic carbocycles. The first-order valence-corrected chi connectivity index (χ1v) is 12.0. The Bertz CT molecular complexity index is 1500. The van der Waals surface area contributed by atoms with Crippen molar-refractivity contribution in [1.29, 1.82) is 0 Å². The van der Waals surface area contributed by atoms with E-state index in [0.717, 1.165) is 51.2 Å². The Morgan fingerprint density at radius 2 is 0.757 bits per heavy atom. The summed E-state index contributed by atoms with van der Waals surface area (Å²) in [5, 5.41) is 14.6. The number of nitrogens with zero attached hydrogens (tertiary/aromatic N) is 9. The molecule has 181 valence electrons. The van der Waals surface area contributed by atoms with Crippen molar-refractivity contribution in [2.75, 3.05) is 0 Å². The SMILES string of the molecule is Cc1cccc(-c2ccn([B-](n3ccc(-c4cccc(C)n4)n3)n3ccc(-c4cccc(C)n4)n3)n2)n1. The summed E-state index contributed by atoms with van der Waals surface area (Å²) in [6.45, 7) is 5.91. The zero-order valence-corrected chi connectivity index (χ0v) is 20.8. The Balaban J connectivity index is 1.43. The number of aromatic nitrogens is 9. The minimum absolute atomic E-state index is 0.490. The highest BCUT2D eigenvalue weighted by Gasteiger charge is 2.15. The molecule has 0 unspecified atom stereocenters. The van der Waals surface area contributed by atoms with Gasteiger partial charge in [-0.15, -0.1) is 0 Å². The molecule has 0 bridgehead atoms. The molecule has 0 aliphatic heterocycles. The quantitative estimate of drug-likeness (QED) is 0.327.